The highest BCUT2D eigenvalue weighted by Crippen LogP contribution is 2.30. The van der Waals surface area contributed by atoms with Crippen LogP contribution in [0.25, 0.3) is 33.7 Å². The molecule has 0 spiro atoms. The molecule has 0 saturated heterocycles. The van der Waals surface area contributed by atoms with Crippen molar-refractivity contribution in [1.29, 1.82) is 0 Å². The first-order valence-electron chi connectivity index (χ1n) is 9.25. The third-order valence-electron chi connectivity index (χ3n) is 4.84. The van der Waals surface area contributed by atoms with Crippen molar-refractivity contribution in [3.8, 4) is 28.3 Å². The van der Waals surface area contributed by atoms with Crippen LogP contribution in [0.3, 0.4) is 0 Å². The van der Waals surface area contributed by atoms with Gasteiger partial charge in [-0.3, -0.25) is 0 Å². The van der Waals surface area contributed by atoms with E-state index < -0.39 is 0 Å². The molecule has 0 radical (unpaired) electrons. The third-order valence-corrected chi connectivity index (χ3v) is 5.48. The second kappa shape index (κ2) is 7.48. The smallest absolute Gasteiger partial charge is 0.178 e. The zero-order chi connectivity index (χ0) is 19.6. The maximum atomic E-state index is 5.41. The summed E-state index contributed by atoms with van der Waals surface area (Å²) in [6, 6.07) is 20.4. The summed E-state index contributed by atoms with van der Waals surface area (Å²) in [7, 11) is 1.67. The molecule has 0 aliphatic heterocycles. The Kier molecular flexibility index (Phi) is 4.54. The van der Waals surface area contributed by atoms with Gasteiger partial charge in [-0.1, -0.05) is 42.5 Å². The van der Waals surface area contributed by atoms with Gasteiger partial charge in [-0.2, -0.15) is 0 Å². The fourth-order valence-electron chi connectivity index (χ4n) is 3.41. The van der Waals surface area contributed by atoms with Gasteiger partial charge < -0.3 is 9.30 Å². The second-order valence-corrected chi connectivity index (χ2v) is 7.38. The van der Waals surface area contributed by atoms with Crippen molar-refractivity contribution in [2.45, 2.75) is 6.54 Å². The van der Waals surface area contributed by atoms with E-state index in [9.17, 15) is 0 Å². The zero-order valence-electron chi connectivity index (χ0n) is 15.8. The molecule has 2 aromatic carbocycles. The molecule has 0 saturated carbocycles. The maximum absolute atomic E-state index is 5.41. The highest BCUT2D eigenvalue weighted by molar-refractivity contribution is 7.07. The standard InChI is InChI=1S/C23H18N4OS/c1-28-20-9-5-8-17(10-20)23-26-22-21(27(23)13-19-14-29-15-25-19)11-18(12-24-22)16-6-3-2-4-7-16/h2-12,14-15H,13H2,1H3. The molecule has 0 atom stereocenters. The van der Waals surface area contributed by atoms with E-state index in [1.54, 1.807) is 18.4 Å². The highest BCUT2D eigenvalue weighted by Gasteiger charge is 2.16. The average molecular weight is 398 g/mol. The SMILES string of the molecule is COc1cccc(-c2nc3ncc(-c4ccccc4)cc3n2Cc2cscn2)c1. The Hall–Kier alpha value is -3.51. The van der Waals surface area contributed by atoms with Gasteiger partial charge in [0.15, 0.2) is 5.65 Å². The molecule has 0 unspecified atom stereocenters. The fraction of sp³-hybridized carbons (Fsp3) is 0.0870. The molecule has 0 aliphatic rings. The monoisotopic (exact) mass is 398 g/mol. The second-order valence-electron chi connectivity index (χ2n) is 6.67. The molecule has 0 fully saturated rings. The minimum absolute atomic E-state index is 0.631. The molecule has 142 valence electrons. The lowest BCUT2D eigenvalue weighted by Gasteiger charge is -2.09. The summed E-state index contributed by atoms with van der Waals surface area (Å²) in [6.07, 6.45) is 1.88. The first-order valence-corrected chi connectivity index (χ1v) is 10.2. The van der Waals surface area contributed by atoms with E-state index in [0.717, 1.165) is 45.1 Å². The van der Waals surface area contributed by atoms with Crippen molar-refractivity contribution < 1.29 is 4.74 Å². The largest absolute Gasteiger partial charge is 0.497 e. The molecular weight excluding hydrogens is 380 g/mol. The molecule has 0 aliphatic carbocycles. The number of nitrogens with zero attached hydrogens (tertiary/aromatic N) is 4. The van der Waals surface area contributed by atoms with E-state index in [4.69, 9.17) is 9.72 Å². The van der Waals surface area contributed by atoms with Gasteiger partial charge >= 0.3 is 0 Å². The van der Waals surface area contributed by atoms with Crippen LogP contribution in [0.2, 0.25) is 0 Å². The quantitative estimate of drug-likeness (QED) is 0.404. The number of rotatable bonds is 5. The van der Waals surface area contributed by atoms with Gasteiger partial charge in [0.2, 0.25) is 0 Å². The lowest BCUT2D eigenvalue weighted by atomic mass is 10.1. The van der Waals surface area contributed by atoms with Crippen LogP contribution in [0, 0.1) is 0 Å². The van der Waals surface area contributed by atoms with E-state index >= 15 is 0 Å². The van der Waals surface area contributed by atoms with Gasteiger partial charge in [0.1, 0.15) is 11.6 Å². The first kappa shape index (κ1) is 17.6. The lowest BCUT2D eigenvalue weighted by Crippen LogP contribution is -2.03. The number of hydrogen-bond acceptors (Lipinski definition) is 5. The van der Waals surface area contributed by atoms with E-state index in [-0.39, 0.29) is 0 Å². The maximum Gasteiger partial charge on any atom is 0.178 e. The minimum atomic E-state index is 0.631. The molecule has 0 N–H and O–H groups in total. The average Bonchev–Trinajstić information content (AvgIpc) is 3.42. The van der Waals surface area contributed by atoms with Gasteiger partial charge in [-0.15, -0.1) is 11.3 Å². The first-order chi connectivity index (χ1) is 14.3. The van der Waals surface area contributed by atoms with E-state index in [2.05, 4.69) is 38.1 Å². The predicted molar refractivity (Wildman–Crippen MR) is 116 cm³/mol. The summed E-state index contributed by atoms with van der Waals surface area (Å²) in [5, 5.41) is 2.07. The van der Waals surface area contributed by atoms with Crippen molar-refractivity contribution in [3.05, 3.63) is 83.4 Å². The number of aromatic nitrogens is 4. The van der Waals surface area contributed by atoms with Crippen molar-refractivity contribution in [2.24, 2.45) is 0 Å². The molecule has 5 rings (SSSR count). The molecule has 3 heterocycles. The fourth-order valence-corrected chi connectivity index (χ4v) is 3.96. The van der Waals surface area contributed by atoms with Crippen LogP contribution in [-0.4, -0.2) is 26.6 Å². The van der Waals surface area contributed by atoms with Crippen molar-refractivity contribution in [3.63, 3.8) is 0 Å². The summed E-state index contributed by atoms with van der Waals surface area (Å²) < 4.78 is 7.59. The zero-order valence-corrected chi connectivity index (χ0v) is 16.6. The van der Waals surface area contributed by atoms with Gasteiger partial charge in [-0.25, -0.2) is 15.0 Å². The topological polar surface area (TPSA) is 52.8 Å². The van der Waals surface area contributed by atoms with Crippen molar-refractivity contribution >= 4 is 22.5 Å². The lowest BCUT2D eigenvalue weighted by molar-refractivity contribution is 0.415. The molecule has 6 heteroatoms. The van der Waals surface area contributed by atoms with Gasteiger partial charge in [0.25, 0.3) is 0 Å². The number of ether oxygens (including phenoxy) is 1. The minimum Gasteiger partial charge on any atom is -0.497 e. The van der Waals surface area contributed by atoms with E-state index in [0.29, 0.717) is 6.54 Å². The molecule has 5 aromatic rings. The normalized spacial score (nSPS) is 11.1. The molecule has 0 amide bonds. The van der Waals surface area contributed by atoms with Gasteiger partial charge in [0, 0.05) is 22.7 Å². The Balaban J connectivity index is 1.71. The van der Waals surface area contributed by atoms with E-state index in [1.165, 1.54) is 0 Å². The molecule has 5 nitrogen and oxygen atoms in total. The van der Waals surface area contributed by atoms with Gasteiger partial charge in [-0.05, 0) is 23.8 Å². The summed E-state index contributed by atoms with van der Waals surface area (Å²) in [6.45, 7) is 0.631. The molecular formula is C23H18N4OS. The summed E-state index contributed by atoms with van der Waals surface area (Å²) in [5.74, 6) is 1.65. The Morgan fingerprint density at radius 1 is 0.931 bits per heavy atom. The number of thiazole rings is 1. The predicted octanol–water partition coefficient (Wildman–Crippen LogP) is 5.28. The number of benzene rings is 2. The van der Waals surface area contributed by atoms with Crippen LogP contribution in [0.4, 0.5) is 0 Å². The Bertz CT molecular complexity index is 1260. The number of hydrogen-bond donors (Lipinski definition) is 0. The van der Waals surface area contributed by atoms with Crippen LogP contribution in [-0.2, 0) is 6.54 Å². The summed E-state index contributed by atoms with van der Waals surface area (Å²) in [5.41, 5.74) is 7.74. The van der Waals surface area contributed by atoms with Crippen LogP contribution in [0.1, 0.15) is 5.69 Å². The summed E-state index contributed by atoms with van der Waals surface area (Å²) >= 11 is 1.59. The number of fused-ring (bicyclic) bond motifs is 1. The van der Waals surface area contributed by atoms with Crippen LogP contribution in [0.5, 0.6) is 5.75 Å². The summed E-state index contributed by atoms with van der Waals surface area (Å²) in [4.78, 5) is 14.0. The number of methoxy groups -OCH3 is 1. The molecule has 0 bridgehead atoms. The third kappa shape index (κ3) is 3.39. The van der Waals surface area contributed by atoms with Crippen LogP contribution < -0.4 is 4.74 Å². The number of imidazole rings is 1. The number of pyridine rings is 1. The van der Waals surface area contributed by atoms with Crippen LogP contribution in [0.15, 0.2) is 77.8 Å². The highest BCUT2D eigenvalue weighted by atomic mass is 32.1. The van der Waals surface area contributed by atoms with Crippen molar-refractivity contribution in [2.75, 3.05) is 7.11 Å². The van der Waals surface area contributed by atoms with Crippen molar-refractivity contribution in [1.82, 2.24) is 19.5 Å². The Labute approximate surface area is 172 Å². The van der Waals surface area contributed by atoms with E-state index in [1.807, 2.05) is 54.2 Å². The van der Waals surface area contributed by atoms with Crippen LogP contribution >= 0.6 is 11.3 Å². The molecule has 29 heavy (non-hydrogen) atoms. The Morgan fingerprint density at radius 3 is 2.59 bits per heavy atom. The molecule has 3 aromatic heterocycles. The Morgan fingerprint density at radius 2 is 1.79 bits per heavy atom. The van der Waals surface area contributed by atoms with Gasteiger partial charge in [0.05, 0.1) is 30.4 Å².